The van der Waals surface area contributed by atoms with Crippen LogP contribution < -0.4 is 0 Å². The molecule has 0 spiro atoms. The number of hydrogen-bond acceptors (Lipinski definition) is 2. The van der Waals surface area contributed by atoms with Crippen LogP contribution in [0, 0.1) is 5.92 Å². The molecule has 0 aliphatic carbocycles. The predicted octanol–water partition coefficient (Wildman–Crippen LogP) is 5.50. The minimum Gasteiger partial charge on any atom is -0.465 e. The monoisotopic (exact) mass is 270 g/mol. The first-order valence-electron chi connectivity index (χ1n) is 8.42. The Balaban J connectivity index is 3.50. The van der Waals surface area contributed by atoms with Gasteiger partial charge in [-0.25, -0.2) is 0 Å². The molecule has 0 bridgehead atoms. The molecule has 0 aromatic heterocycles. The standard InChI is InChI=1S/C17H34O2/c1-4-7-8-9-10-11-12-15-19-17(18)16(13-5-2)14-6-3/h16H,4-15H2,1-3H3. The molecule has 0 unspecified atom stereocenters. The minimum absolute atomic E-state index is 0.0367. The Hall–Kier alpha value is -0.530. The van der Waals surface area contributed by atoms with Gasteiger partial charge >= 0.3 is 5.97 Å². The van der Waals surface area contributed by atoms with Crippen molar-refractivity contribution in [2.75, 3.05) is 6.61 Å². The van der Waals surface area contributed by atoms with Crippen molar-refractivity contribution < 1.29 is 9.53 Å². The highest BCUT2D eigenvalue weighted by Gasteiger charge is 2.17. The highest BCUT2D eigenvalue weighted by Crippen LogP contribution is 2.15. The van der Waals surface area contributed by atoms with Crippen molar-refractivity contribution in [3.8, 4) is 0 Å². The molecule has 0 N–H and O–H groups in total. The van der Waals surface area contributed by atoms with Crippen LogP contribution in [0.1, 0.15) is 91.4 Å². The van der Waals surface area contributed by atoms with E-state index in [0.717, 1.165) is 32.1 Å². The van der Waals surface area contributed by atoms with Crippen LogP contribution >= 0.6 is 0 Å². The van der Waals surface area contributed by atoms with E-state index in [1.807, 2.05) is 0 Å². The van der Waals surface area contributed by atoms with E-state index in [4.69, 9.17) is 4.74 Å². The second kappa shape index (κ2) is 13.9. The molecule has 0 aliphatic heterocycles. The molecule has 2 nitrogen and oxygen atoms in total. The normalized spacial score (nSPS) is 10.9. The Kier molecular flexibility index (Phi) is 13.5. The second-order valence-electron chi connectivity index (χ2n) is 5.56. The van der Waals surface area contributed by atoms with Crippen molar-refractivity contribution in [2.24, 2.45) is 5.92 Å². The van der Waals surface area contributed by atoms with E-state index in [2.05, 4.69) is 20.8 Å². The molecule has 0 amide bonds. The van der Waals surface area contributed by atoms with Crippen LogP contribution in [0.4, 0.5) is 0 Å². The van der Waals surface area contributed by atoms with Gasteiger partial charge in [-0.15, -0.1) is 0 Å². The van der Waals surface area contributed by atoms with Crippen molar-refractivity contribution in [3.05, 3.63) is 0 Å². The van der Waals surface area contributed by atoms with Crippen LogP contribution in [0.3, 0.4) is 0 Å². The average Bonchev–Trinajstić information content (AvgIpc) is 2.41. The van der Waals surface area contributed by atoms with Gasteiger partial charge in [0.15, 0.2) is 0 Å². The molecule has 0 radical (unpaired) electrons. The molecule has 0 aromatic rings. The molecule has 0 fully saturated rings. The summed E-state index contributed by atoms with van der Waals surface area (Å²) in [5.74, 6) is 0.175. The van der Waals surface area contributed by atoms with Crippen molar-refractivity contribution in [2.45, 2.75) is 91.4 Å². The topological polar surface area (TPSA) is 26.3 Å². The summed E-state index contributed by atoms with van der Waals surface area (Å²) in [4.78, 5) is 11.9. The van der Waals surface area contributed by atoms with Gasteiger partial charge in [-0.3, -0.25) is 4.79 Å². The number of rotatable bonds is 13. The molecule has 0 saturated carbocycles. The van der Waals surface area contributed by atoms with E-state index < -0.39 is 0 Å². The first-order valence-corrected chi connectivity index (χ1v) is 8.42. The Morgan fingerprint density at radius 1 is 0.789 bits per heavy atom. The van der Waals surface area contributed by atoms with Crippen LogP contribution in [-0.4, -0.2) is 12.6 Å². The Morgan fingerprint density at radius 3 is 1.84 bits per heavy atom. The van der Waals surface area contributed by atoms with Crippen molar-refractivity contribution in [1.29, 1.82) is 0 Å². The van der Waals surface area contributed by atoms with Gasteiger partial charge in [0.1, 0.15) is 0 Å². The lowest BCUT2D eigenvalue weighted by molar-refractivity contribution is -0.149. The van der Waals surface area contributed by atoms with Gasteiger partial charge in [0.05, 0.1) is 12.5 Å². The summed E-state index contributed by atoms with van der Waals surface area (Å²) in [7, 11) is 0. The van der Waals surface area contributed by atoms with Gasteiger partial charge in [-0.2, -0.15) is 0 Å². The maximum Gasteiger partial charge on any atom is 0.308 e. The smallest absolute Gasteiger partial charge is 0.308 e. The maximum absolute atomic E-state index is 11.9. The summed E-state index contributed by atoms with van der Waals surface area (Å²) in [6.07, 6.45) is 12.9. The highest BCUT2D eigenvalue weighted by molar-refractivity contribution is 5.72. The molecule has 0 aromatic carbocycles. The molecule has 19 heavy (non-hydrogen) atoms. The van der Waals surface area contributed by atoms with Crippen LogP contribution in [0.5, 0.6) is 0 Å². The Labute approximate surface area is 120 Å². The van der Waals surface area contributed by atoms with E-state index >= 15 is 0 Å². The van der Waals surface area contributed by atoms with E-state index in [-0.39, 0.29) is 11.9 Å². The lowest BCUT2D eigenvalue weighted by Gasteiger charge is -2.14. The molecule has 0 rings (SSSR count). The van der Waals surface area contributed by atoms with Crippen molar-refractivity contribution in [1.82, 2.24) is 0 Å². The molecular formula is C17H34O2. The molecule has 0 aliphatic rings. The molecule has 2 heteroatoms. The largest absolute Gasteiger partial charge is 0.465 e. The van der Waals surface area contributed by atoms with Crippen molar-refractivity contribution >= 4 is 5.97 Å². The van der Waals surface area contributed by atoms with Gasteiger partial charge in [0.25, 0.3) is 0 Å². The summed E-state index contributed by atoms with van der Waals surface area (Å²) < 4.78 is 5.40. The molecule has 0 heterocycles. The molecule has 0 atom stereocenters. The van der Waals surface area contributed by atoms with Crippen LogP contribution in [0.25, 0.3) is 0 Å². The summed E-state index contributed by atoms with van der Waals surface area (Å²) >= 11 is 0. The first kappa shape index (κ1) is 18.5. The zero-order chi connectivity index (χ0) is 14.3. The highest BCUT2D eigenvalue weighted by atomic mass is 16.5. The van der Waals surface area contributed by atoms with E-state index in [9.17, 15) is 4.79 Å². The number of unbranched alkanes of at least 4 members (excludes halogenated alkanes) is 6. The van der Waals surface area contributed by atoms with Crippen LogP contribution in [-0.2, 0) is 9.53 Å². The fourth-order valence-electron chi connectivity index (χ4n) is 2.43. The first-order chi connectivity index (χ1) is 9.26. The second-order valence-corrected chi connectivity index (χ2v) is 5.56. The zero-order valence-electron chi connectivity index (χ0n) is 13.4. The summed E-state index contributed by atoms with van der Waals surface area (Å²) in [6.45, 7) is 7.12. The fraction of sp³-hybridized carbons (Fsp3) is 0.941. The number of hydrogen-bond donors (Lipinski definition) is 0. The van der Waals surface area contributed by atoms with E-state index in [1.165, 1.54) is 38.5 Å². The van der Waals surface area contributed by atoms with Crippen LogP contribution in [0.2, 0.25) is 0 Å². The molecule has 0 saturated heterocycles. The van der Waals surface area contributed by atoms with Gasteiger partial charge in [-0.1, -0.05) is 72.1 Å². The van der Waals surface area contributed by atoms with Gasteiger partial charge in [0.2, 0.25) is 0 Å². The Bertz CT molecular complexity index is 195. The number of carbonyl (C=O) groups excluding carboxylic acids is 1. The third kappa shape index (κ3) is 11.0. The van der Waals surface area contributed by atoms with E-state index in [1.54, 1.807) is 0 Å². The quantitative estimate of drug-likeness (QED) is 0.326. The van der Waals surface area contributed by atoms with Gasteiger partial charge in [0, 0.05) is 0 Å². The number of esters is 1. The summed E-state index contributed by atoms with van der Waals surface area (Å²) in [6, 6.07) is 0. The number of carbonyl (C=O) groups is 1. The third-order valence-electron chi connectivity index (χ3n) is 3.60. The SMILES string of the molecule is CCCCCCCCCOC(=O)C(CCC)CCC. The van der Waals surface area contributed by atoms with Gasteiger partial charge < -0.3 is 4.74 Å². The average molecular weight is 270 g/mol. The maximum atomic E-state index is 11.9. The molecular weight excluding hydrogens is 236 g/mol. The van der Waals surface area contributed by atoms with Gasteiger partial charge in [-0.05, 0) is 19.3 Å². The van der Waals surface area contributed by atoms with Crippen LogP contribution in [0.15, 0.2) is 0 Å². The summed E-state index contributed by atoms with van der Waals surface area (Å²) in [5.41, 5.74) is 0. The predicted molar refractivity (Wildman–Crippen MR) is 82.3 cm³/mol. The fourth-order valence-corrected chi connectivity index (χ4v) is 2.43. The lowest BCUT2D eigenvalue weighted by atomic mass is 9.99. The lowest BCUT2D eigenvalue weighted by Crippen LogP contribution is -2.18. The Morgan fingerprint density at radius 2 is 1.32 bits per heavy atom. The third-order valence-corrected chi connectivity index (χ3v) is 3.60. The van der Waals surface area contributed by atoms with Crippen molar-refractivity contribution in [3.63, 3.8) is 0 Å². The molecule has 114 valence electrons. The summed E-state index contributed by atoms with van der Waals surface area (Å²) in [5, 5.41) is 0. The van der Waals surface area contributed by atoms with E-state index in [0.29, 0.717) is 6.61 Å². The minimum atomic E-state index is 0.0367. The zero-order valence-corrected chi connectivity index (χ0v) is 13.4. The number of ether oxygens (including phenoxy) is 1.